The summed E-state index contributed by atoms with van der Waals surface area (Å²) in [5.41, 5.74) is -0.178. The lowest BCUT2D eigenvalue weighted by atomic mass is 9.50. The predicted octanol–water partition coefficient (Wildman–Crippen LogP) is 4.35. The lowest BCUT2D eigenvalue weighted by Gasteiger charge is -2.55. The number of fused-ring (bicyclic) bond motifs is 7. The normalized spacial score (nSPS) is 45.0. The Labute approximate surface area is 201 Å². The summed E-state index contributed by atoms with van der Waals surface area (Å²) in [6, 6.07) is 3.69. The number of hydrogen-bond donors (Lipinski definition) is 1. The standard InChI is InChI=1S/C25H29IO6/c1-24-9-8-16-15-5-3-14(28)10-13(15)2-4-17(16)18(24)11-21-25(24,20(29)12-27)32-23(31-21)19-6-7-22(26)30-19/h6-7,10,15-18,21,23,27H,2-5,8-9,11-12H2,1H3/t15-,16+,17+,18-,21+,23+,24-,25+/m0/s1. The summed E-state index contributed by atoms with van der Waals surface area (Å²) in [5, 5.41) is 9.97. The molecule has 1 aromatic rings. The van der Waals surface area contributed by atoms with Gasteiger partial charge in [-0.1, -0.05) is 12.5 Å². The number of ether oxygens (including phenoxy) is 2. The van der Waals surface area contributed by atoms with E-state index in [4.69, 9.17) is 13.9 Å². The van der Waals surface area contributed by atoms with Crippen LogP contribution in [-0.4, -0.2) is 35.0 Å². The molecule has 0 spiro atoms. The fourth-order valence-electron chi connectivity index (χ4n) is 8.13. The van der Waals surface area contributed by atoms with Gasteiger partial charge in [-0.2, -0.15) is 0 Å². The van der Waals surface area contributed by atoms with Crippen molar-refractivity contribution in [3.8, 4) is 0 Å². The second-order valence-corrected chi connectivity index (χ2v) is 11.6. The summed E-state index contributed by atoms with van der Waals surface area (Å²) in [5.74, 6) is 2.44. The van der Waals surface area contributed by atoms with Crippen LogP contribution in [0, 0.1) is 32.9 Å². The highest BCUT2D eigenvalue weighted by Crippen LogP contribution is 2.69. The van der Waals surface area contributed by atoms with Crippen molar-refractivity contribution in [3.05, 3.63) is 33.3 Å². The molecule has 32 heavy (non-hydrogen) atoms. The second-order valence-electron chi connectivity index (χ2n) is 10.5. The SMILES string of the molecule is C[C@]12CC[C@H]3[C@@H](CCC4=CC(=O)CC[C@@H]43)[C@@H]1C[C@H]1O[C@@H](c3ccc(I)o3)O[C@]12C(=O)CO. The van der Waals surface area contributed by atoms with Gasteiger partial charge in [0.15, 0.2) is 26.7 Å². The van der Waals surface area contributed by atoms with Crippen molar-refractivity contribution in [2.24, 2.45) is 29.1 Å². The quantitative estimate of drug-likeness (QED) is 0.562. The molecule has 1 saturated heterocycles. The number of furan rings is 1. The molecule has 0 aromatic carbocycles. The van der Waals surface area contributed by atoms with Gasteiger partial charge in [-0.15, -0.1) is 0 Å². The van der Waals surface area contributed by atoms with Gasteiger partial charge in [0.25, 0.3) is 0 Å². The zero-order valence-corrected chi connectivity index (χ0v) is 20.4. The van der Waals surface area contributed by atoms with Gasteiger partial charge in [-0.3, -0.25) is 9.59 Å². The molecule has 8 atom stereocenters. The third-order valence-electron chi connectivity index (χ3n) is 9.42. The Morgan fingerprint density at radius 2 is 2.06 bits per heavy atom. The first-order valence-corrected chi connectivity index (χ1v) is 12.9. The number of carbonyl (C=O) groups is 2. The number of hydrogen-bond acceptors (Lipinski definition) is 6. The van der Waals surface area contributed by atoms with Crippen molar-refractivity contribution in [2.45, 2.75) is 69.9 Å². The average molecular weight is 552 g/mol. The van der Waals surface area contributed by atoms with E-state index in [9.17, 15) is 14.7 Å². The van der Waals surface area contributed by atoms with Crippen LogP contribution in [0.5, 0.6) is 0 Å². The number of allylic oxidation sites excluding steroid dienone is 1. The van der Waals surface area contributed by atoms with Gasteiger partial charge in [0, 0.05) is 11.8 Å². The molecule has 6 nitrogen and oxygen atoms in total. The topological polar surface area (TPSA) is 86.0 Å². The zero-order chi connectivity index (χ0) is 22.3. The Hall–Kier alpha value is -1.03. The lowest BCUT2D eigenvalue weighted by Crippen LogP contribution is -2.59. The number of carbonyl (C=O) groups excluding carboxylic acids is 2. The number of aliphatic hydroxyl groups is 1. The van der Waals surface area contributed by atoms with E-state index >= 15 is 0 Å². The maximum Gasteiger partial charge on any atom is 0.218 e. The maximum absolute atomic E-state index is 13.4. The molecule has 5 aliphatic rings. The van der Waals surface area contributed by atoms with Crippen molar-refractivity contribution in [1.82, 2.24) is 0 Å². The minimum Gasteiger partial charge on any atom is -0.450 e. The van der Waals surface area contributed by atoms with Crippen LogP contribution < -0.4 is 0 Å². The third kappa shape index (κ3) is 2.80. The number of rotatable bonds is 3. The summed E-state index contributed by atoms with van der Waals surface area (Å²) >= 11 is 2.10. The van der Waals surface area contributed by atoms with Crippen LogP contribution in [-0.2, 0) is 19.1 Å². The number of Topliss-reactive ketones (excluding diaryl/α,β-unsaturated/α-hetero) is 1. The fourth-order valence-corrected chi connectivity index (χ4v) is 8.56. The molecular formula is C25H29IO6. The molecule has 172 valence electrons. The zero-order valence-electron chi connectivity index (χ0n) is 18.2. The van der Waals surface area contributed by atoms with Gasteiger partial charge in [-0.25, -0.2) is 0 Å². The fraction of sp³-hybridized carbons (Fsp3) is 0.680. The molecule has 1 aliphatic heterocycles. The Morgan fingerprint density at radius 1 is 1.22 bits per heavy atom. The van der Waals surface area contributed by atoms with Crippen LogP contribution in [0.1, 0.15) is 63.9 Å². The van der Waals surface area contributed by atoms with Crippen LogP contribution in [0.15, 0.2) is 28.2 Å². The van der Waals surface area contributed by atoms with Gasteiger partial charge in [0.05, 0.1) is 6.10 Å². The predicted molar refractivity (Wildman–Crippen MR) is 122 cm³/mol. The van der Waals surface area contributed by atoms with Gasteiger partial charge in [0.1, 0.15) is 6.61 Å². The highest BCUT2D eigenvalue weighted by atomic mass is 127. The molecule has 7 heteroatoms. The van der Waals surface area contributed by atoms with E-state index < -0.39 is 23.9 Å². The van der Waals surface area contributed by atoms with Crippen molar-refractivity contribution in [2.75, 3.05) is 6.61 Å². The van der Waals surface area contributed by atoms with Crippen LogP contribution >= 0.6 is 22.6 Å². The molecule has 0 amide bonds. The van der Waals surface area contributed by atoms with Crippen molar-refractivity contribution < 1.29 is 28.6 Å². The minimum atomic E-state index is -1.14. The molecule has 3 saturated carbocycles. The van der Waals surface area contributed by atoms with Crippen molar-refractivity contribution in [1.29, 1.82) is 0 Å². The molecule has 1 N–H and O–H groups in total. The first-order valence-electron chi connectivity index (χ1n) is 11.8. The number of ketones is 2. The van der Waals surface area contributed by atoms with E-state index in [1.807, 2.05) is 18.2 Å². The Kier molecular flexibility index (Phi) is 5.03. The molecule has 0 bridgehead atoms. The number of halogens is 1. The molecule has 0 unspecified atom stereocenters. The number of aliphatic hydroxyl groups excluding tert-OH is 1. The van der Waals surface area contributed by atoms with E-state index in [-0.39, 0.29) is 17.7 Å². The summed E-state index contributed by atoms with van der Waals surface area (Å²) in [7, 11) is 0. The van der Waals surface area contributed by atoms with Crippen LogP contribution in [0.25, 0.3) is 0 Å². The molecule has 0 radical (unpaired) electrons. The van der Waals surface area contributed by atoms with Crippen LogP contribution in [0.3, 0.4) is 0 Å². The van der Waals surface area contributed by atoms with Crippen LogP contribution in [0.2, 0.25) is 0 Å². The molecule has 1 aromatic heterocycles. The maximum atomic E-state index is 13.4. The molecule has 4 fully saturated rings. The second kappa shape index (κ2) is 7.48. The monoisotopic (exact) mass is 552 g/mol. The van der Waals surface area contributed by atoms with E-state index in [2.05, 4.69) is 29.5 Å². The van der Waals surface area contributed by atoms with Gasteiger partial charge in [0.2, 0.25) is 6.29 Å². The summed E-state index contributed by atoms with van der Waals surface area (Å²) < 4.78 is 19.4. The smallest absolute Gasteiger partial charge is 0.218 e. The first-order chi connectivity index (χ1) is 15.4. The van der Waals surface area contributed by atoms with Crippen molar-refractivity contribution in [3.63, 3.8) is 0 Å². The lowest BCUT2D eigenvalue weighted by molar-refractivity contribution is -0.188. The molecule has 2 heterocycles. The highest BCUT2D eigenvalue weighted by molar-refractivity contribution is 14.1. The first kappa shape index (κ1) is 21.5. The average Bonchev–Trinajstić information content (AvgIpc) is 3.44. The summed E-state index contributed by atoms with van der Waals surface area (Å²) in [4.78, 5) is 25.3. The molecule has 4 aliphatic carbocycles. The van der Waals surface area contributed by atoms with E-state index in [0.717, 1.165) is 42.3 Å². The van der Waals surface area contributed by atoms with E-state index in [0.29, 0.717) is 35.9 Å². The largest absolute Gasteiger partial charge is 0.450 e. The molecule has 6 rings (SSSR count). The van der Waals surface area contributed by atoms with E-state index in [1.54, 1.807) is 0 Å². The minimum absolute atomic E-state index is 0.269. The van der Waals surface area contributed by atoms with Gasteiger partial charge in [-0.05, 0) is 103 Å². The van der Waals surface area contributed by atoms with E-state index in [1.165, 1.54) is 5.57 Å². The van der Waals surface area contributed by atoms with Crippen molar-refractivity contribution >= 4 is 34.2 Å². The van der Waals surface area contributed by atoms with Gasteiger partial charge < -0.3 is 19.0 Å². The Balaban J connectivity index is 1.35. The van der Waals surface area contributed by atoms with Crippen LogP contribution in [0.4, 0.5) is 0 Å². The highest BCUT2D eigenvalue weighted by Gasteiger charge is 2.74. The summed E-state index contributed by atoms with van der Waals surface area (Å²) in [6.07, 6.45) is 7.12. The van der Waals surface area contributed by atoms with Gasteiger partial charge >= 0.3 is 0 Å². The Bertz CT molecular complexity index is 998. The third-order valence-corrected chi connectivity index (χ3v) is 10.0. The summed E-state index contributed by atoms with van der Waals surface area (Å²) in [6.45, 7) is 1.64. The molecular weight excluding hydrogens is 523 g/mol. The Morgan fingerprint density at radius 3 is 2.81 bits per heavy atom.